The van der Waals surface area contributed by atoms with Gasteiger partial charge in [0.1, 0.15) is 5.75 Å². The summed E-state index contributed by atoms with van der Waals surface area (Å²) in [5, 5.41) is 21.9. The number of nitrogens with zero attached hydrogens (tertiary/aromatic N) is 4. The fraction of sp³-hybridized carbons (Fsp3) is 0.111. The van der Waals surface area contributed by atoms with Gasteiger partial charge in [-0.15, -0.1) is 0 Å². The second kappa shape index (κ2) is 8.35. The highest BCUT2D eigenvalue weighted by Gasteiger charge is 2.13. The second-order valence-electron chi connectivity index (χ2n) is 5.62. The standard InChI is InChI=1S/C18H15N5O4S/c1-2-16-20-21-18(28)22(16)19-11-12-6-8-15(9-7-12)27-17(24)13-4-3-5-14(10-13)23(25)26/h3-11H,2H2,1H3,(H,21,28)/b19-11-. The molecule has 0 aliphatic rings. The van der Waals surface area contributed by atoms with Gasteiger partial charge in [-0.25, -0.2) is 4.79 Å². The maximum Gasteiger partial charge on any atom is 0.343 e. The van der Waals surface area contributed by atoms with E-state index in [9.17, 15) is 14.9 Å². The zero-order chi connectivity index (χ0) is 20.1. The molecule has 0 amide bonds. The maximum absolute atomic E-state index is 12.2. The number of esters is 1. The largest absolute Gasteiger partial charge is 0.423 e. The third-order valence-electron chi connectivity index (χ3n) is 3.74. The summed E-state index contributed by atoms with van der Waals surface area (Å²) in [7, 11) is 0. The Kier molecular flexibility index (Phi) is 5.70. The number of aromatic nitrogens is 3. The van der Waals surface area contributed by atoms with Gasteiger partial charge in [0.25, 0.3) is 5.69 Å². The lowest BCUT2D eigenvalue weighted by Gasteiger charge is -2.04. The molecule has 0 aliphatic heterocycles. The molecule has 3 rings (SSSR count). The van der Waals surface area contributed by atoms with E-state index in [1.807, 2.05) is 6.92 Å². The molecular formula is C18H15N5O4S. The van der Waals surface area contributed by atoms with Gasteiger partial charge in [-0.2, -0.15) is 14.9 Å². The molecule has 2 aromatic carbocycles. The van der Waals surface area contributed by atoms with Crippen molar-refractivity contribution in [3.8, 4) is 5.75 Å². The third-order valence-corrected chi connectivity index (χ3v) is 4.00. The van der Waals surface area contributed by atoms with Crippen LogP contribution in [0.15, 0.2) is 53.6 Å². The van der Waals surface area contributed by atoms with Crippen molar-refractivity contribution in [2.45, 2.75) is 13.3 Å². The van der Waals surface area contributed by atoms with Crippen molar-refractivity contribution in [2.24, 2.45) is 5.10 Å². The summed E-state index contributed by atoms with van der Waals surface area (Å²) in [6, 6.07) is 12.0. The van der Waals surface area contributed by atoms with Crippen LogP contribution < -0.4 is 4.74 Å². The summed E-state index contributed by atoms with van der Waals surface area (Å²) in [4.78, 5) is 22.4. The lowest BCUT2D eigenvalue weighted by molar-refractivity contribution is -0.384. The second-order valence-corrected chi connectivity index (χ2v) is 6.01. The number of non-ortho nitro benzene ring substituents is 1. The number of benzene rings is 2. The van der Waals surface area contributed by atoms with Crippen molar-refractivity contribution < 1.29 is 14.5 Å². The molecule has 28 heavy (non-hydrogen) atoms. The van der Waals surface area contributed by atoms with Crippen LogP contribution in [-0.4, -0.2) is 32.0 Å². The molecule has 142 valence electrons. The lowest BCUT2D eigenvalue weighted by atomic mass is 10.2. The predicted octanol–water partition coefficient (Wildman–Crippen LogP) is 3.51. The number of ether oxygens (including phenoxy) is 1. The summed E-state index contributed by atoms with van der Waals surface area (Å²) >= 11 is 5.13. The van der Waals surface area contributed by atoms with Gasteiger partial charge in [0.05, 0.1) is 16.7 Å². The van der Waals surface area contributed by atoms with E-state index in [4.69, 9.17) is 17.0 Å². The Morgan fingerprint density at radius 2 is 2.11 bits per heavy atom. The Morgan fingerprint density at radius 1 is 1.36 bits per heavy atom. The Morgan fingerprint density at radius 3 is 2.79 bits per heavy atom. The number of carbonyl (C=O) groups excluding carboxylic acids is 1. The van der Waals surface area contributed by atoms with Crippen LogP contribution in [0.1, 0.15) is 28.7 Å². The van der Waals surface area contributed by atoms with Gasteiger partial charge >= 0.3 is 5.97 Å². The van der Waals surface area contributed by atoms with Gasteiger partial charge in [0.2, 0.25) is 4.77 Å². The number of hydrogen-bond acceptors (Lipinski definition) is 7. The Balaban J connectivity index is 1.71. The SMILES string of the molecule is CCc1n[nH]c(=S)n1/N=C\c1ccc(OC(=O)c2cccc([N+](=O)[O-])c2)cc1. The number of nitro benzene ring substituents is 1. The summed E-state index contributed by atoms with van der Waals surface area (Å²) in [6.07, 6.45) is 2.29. The molecule has 3 aromatic rings. The van der Waals surface area contributed by atoms with Crippen LogP contribution in [0.3, 0.4) is 0 Å². The van der Waals surface area contributed by atoms with Crippen LogP contribution >= 0.6 is 12.2 Å². The smallest absolute Gasteiger partial charge is 0.343 e. The fourth-order valence-corrected chi connectivity index (χ4v) is 2.53. The highest BCUT2D eigenvalue weighted by atomic mass is 32.1. The Labute approximate surface area is 164 Å². The first-order valence-corrected chi connectivity index (χ1v) is 8.66. The highest BCUT2D eigenvalue weighted by molar-refractivity contribution is 7.71. The van der Waals surface area contributed by atoms with E-state index in [0.717, 1.165) is 5.56 Å². The molecule has 0 unspecified atom stereocenters. The molecule has 1 N–H and O–H groups in total. The van der Waals surface area contributed by atoms with Gasteiger partial charge in [0.15, 0.2) is 5.82 Å². The number of nitrogens with one attached hydrogen (secondary N) is 1. The van der Waals surface area contributed by atoms with Gasteiger partial charge in [-0.1, -0.05) is 13.0 Å². The van der Waals surface area contributed by atoms with Crippen LogP contribution in [0.4, 0.5) is 5.69 Å². The van der Waals surface area contributed by atoms with Crippen molar-refractivity contribution in [1.82, 2.24) is 14.9 Å². The molecule has 0 spiro atoms. The molecule has 10 heteroatoms. The molecule has 1 heterocycles. The quantitative estimate of drug-likeness (QED) is 0.170. The van der Waals surface area contributed by atoms with E-state index in [1.54, 1.807) is 30.5 Å². The van der Waals surface area contributed by atoms with Crippen LogP contribution in [0.2, 0.25) is 0 Å². The minimum absolute atomic E-state index is 0.0984. The highest BCUT2D eigenvalue weighted by Crippen LogP contribution is 2.17. The van der Waals surface area contributed by atoms with E-state index < -0.39 is 10.9 Å². The van der Waals surface area contributed by atoms with Crippen molar-refractivity contribution in [3.63, 3.8) is 0 Å². The van der Waals surface area contributed by atoms with Crippen LogP contribution in [-0.2, 0) is 6.42 Å². The number of nitro groups is 1. The van der Waals surface area contributed by atoms with E-state index in [0.29, 0.717) is 22.8 Å². The van der Waals surface area contributed by atoms with Gasteiger partial charge < -0.3 is 4.74 Å². The van der Waals surface area contributed by atoms with Gasteiger partial charge in [0, 0.05) is 18.6 Å². The summed E-state index contributed by atoms with van der Waals surface area (Å²) in [6.45, 7) is 1.95. The molecule has 0 aliphatic carbocycles. The molecule has 0 fully saturated rings. The van der Waals surface area contributed by atoms with Crippen molar-refractivity contribution in [1.29, 1.82) is 0 Å². The molecule has 1 aromatic heterocycles. The summed E-state index contributed by atoms with van der Waals surface area (Å²) in [5.74, 6) is 0.342. The maximum atomic E-state index is 12.2. The Bertz CT molecular complexity index is 1100. The van der Waals surface area contributed by atoms with E-state index in [1.165, 1.54) is 28.9 Å². The average Bonchev–Trinajstić information content (AvgIpc) is 3.07. The first kappa shape index (κ1) is 19.1. The fourth-order valence-electron chi connectivity index (χ4n) is 2.33. The molecule has 0 saturated heterocycles. The number of rotatable bonds is 6. The number of carbonyl (C=O) groups is 1. The predicted molar refractivity (Wildman–Crippen MR) is 104 cm³/mol. The summed E-state index contributed by atoms with van der Waals surface area (Å²) in [5.41, 5.74) is 0.687. The first-order chi connectivity index (χ1) is 13.5. The molecule has 0 radical (unpaired) electrons. The lowest BCUT2D eigenvalue weighted by Crippen LogP contribution is -2.08. The van der Waals surface area contributed by atoms with Gasteiger partial charge in [-0.05, 0) is 48.1 Å². The zero-order valence-corrected chi connectivity index (χ0v) is 15.5. The molecule has 0 atom stereocenters. The van der Waals surface area contributed by atoms with Crippen molar-refractivity contribution >= 4 is 30.1 Å². The number of aryl methyl sites for hydroxylation is 1. The normalized spacial score (nSPS) is 10.9. The summed E-state index contributed by atoms with van der Waals surface area (Å²) < 4.78 is 7.19. The topological polar surface area (TPSA) is 115 Å². The van der Waals surface area contributed by atoms with Crippen LogP contribution in [0.25, 0.3) is 0 Å². The Hall–Kier alpha value is -3.66. The zero-order valence-electron chi connectivity index (χ0n) is 14.7. The average molecular weight is 397 g/mol. The van der Waals surface area contributed by atoms with Crippen molar-refractivity contribution in [2.75, 3.05) is 0 Å². The molecule has 9 nitrogen and oxygen atoms in total. The van der Waals surface area contributed by atoms with Gasteiger partial charge in [-0.3, -0.25) is 15.2 Å². The third kappa shape index (κ3) is 4.35. The van der Waals surface area contributed by atoms with E-state index in [2.05, 4.69) is 15.3 Å². The van der Waals surface area contributed by atoms with Crippen molar-refractivity contribution in [3.05, 3.63) is 80.4 Å². The first-order valence-electron chi connectivity index (χ1n) is 8.25. The monoisotopic (exact) mass is 397 g/mol. The molecule has 0 saturated carbocycles. The van der Waals surface area contributed by atoms with E-state index >= 15 is 0 Å². The van der Waals surface area contributed by atoms with Crippen LogP contribution in [0, 0.1) is 14.9 Å². The molecular weight excluding hydrogens is 382 g/mol. The number of hydrogen-bond donors (Lipinski definition) is 1. The van der Waals surface area contributed by atoms with Crippen LogP contribution in [0.5, 0.6) is 5.75 Å². The van der Waals surface area contributed by atoms with E-state index in [-0.39, 0.29) is 11.3 Å². The minimum atomic E-state index is -0.678. The number of H-pyrrole nitrogens is 1. The number of aromatic amines is 1. The minimum Gasteiger partial charge on any atom is -0.423 e. The molecule has 0 bridgehead atoms.